The van der Waals surface area contributed by atoms with Crippen LogP contribution in [0, 0.1) is 5.92 Å². The molecule has 4 heterocycles. The van der Waals surface area contributed by atoms with Crippen LogP contribution < -0.4 is 10.6 Å². The number of piperazine rings is 1. The number of halogens is 2. The number of aliphatic carboxylic acids is 1. The highest BCUT2D eigenvalue weighted by molar-refractivity contribution is 6.18. The maximum absolute atomic E-state index is 15.5. The SMILES string of the molecule is CC(=O)NC[C@H]1CN(C2CCC(N3CCN(C4NC5C(CC4F)C(=O)C(C(=O)O)=CN5C4CC4)CC3)C(F)C2)C(=O)O1. The van der Waals surface area contributed by atoms with Crippen molar-refractivity contribution < 1.29 is 37.8 Å². The van der Waals surface area contributed by atoms with E-state index in [1.165, 1.54) is 13.1 Å². The number of rotatable bonds is 7. The Morgan fingerprint density at radius 2 is 1.69 bits per heavy atom. The molecule has 7 unspecified atom stereocenters. The molecule has 0 radical (unpaired) electrons. The van der Waals surface area contributed by atoms with Gasteiger partial charge in [-0.25, -0.2) is 18.4 Å². The zero-order chi connectivity index (χ0) is 29.7. The lowest BCUT2D eigenvalue weighted by Crippen LogP contribution is -2.69. The van der Waals surface area contributed by atoms with E-state index in [4.69, 9.17) is 4.74 Å². The summed E-state index contributed by atoms with van der Waals surface area (Å²) in [7, 11) is 0. The van der Waals surface area contributed by atoms with Crippen LogP contribution in [-0.4, -0.2) is 137 Å². The molecule has 0 aromatic carbocycles. The third kappa shape index (κ3) is 5.72. The number of nitrogens with zero attached hydrogens (tertiary/aromatic N) is 4. The Bertz CT molecular complexity index is 1130. The molecule has 2 amide bonds. The highest BCUT2D eigenvalue weighted by Crippen LogP contribution is 2.39. The molecule has 4 aliphatic heterocycles. The summed E-state index contributed by atoms with van der Waals surface area (Å²) in [5.41, 5.74) is -0.272. The number of nitrogens with one attached hydrogen (secondary N) is 2. The first-order chi connectivity index (χ1) is 20.1. The molecule has 0 aromatic heterocycles. The molecule has 2 saturated carbocycles. The second kappa shape index (κ2) is 11.7. The summed E-state index contributed by atoms with van der Waals surface area (Å²) in [6.07, 6.45) is 0.303. The number of amides is 2. The lowest BCUT2D eigenvalue weighted by Gasteiger charge is -2.51. The summed E-state index contributed by atoms with van der Waals surface area (Å²) in [6, 6.07) is -0.367. The lowest BCUT2D eigenvalue weighted by atomic mass is 9.82. The fourth-order valence-corrected chi connectivity index (χ4v) is 7.46. The molecule has 3 N–H and O–H groups in total. The van der Waals surface area contributed by atoms with Gasteiger partial charge in [0.2, 0.25) is 5.91 Å². The van der Waals surface area contributed by atoms with Crippen LogP contribution in [0.1, 0.15) is 45.4 Å². The van der Waals surface area contributed by atoms with Crippen LogP contribution in [0.2, 0.25) is 0 Å². The van der Waals surface area contributed by atoms with Gasteiger partial charge in [0.25, 0.3) is 0 Å². The number of ether oxygens (including phenoxy) is 1. The Morgan fingerprint density at radius 1 is 1.00 bits per heavy atom. The fourth-order valence-electron chi connectivity index (χ4n) is 7.46. The summed E-state index contributed by atoms with van der Waals surface area (Å²) in [5, 5.41) is 15.5. The number of hydrogen-bond acceptors (Lipinski definition) is 9. The third-order valence-corrected chi connectivity index (χ3v) is 9.79. The molecule has 2 aliphatic carbocycles. The van der Waals surface area contributed by atoms with E-state index in [0.717, 1.165) is 12.8 Å². The Labute approximate surface area is 243 Å². The molecular formula is C28H40F2N6O6. The van der Waals surface area contributed by atoms with Gasteiger partial charge in [-0.15, -0.1) is 0 Å². The molecule has 0 spiro atoms. The van der Waals surface area contributed by atoms with Crippen LogP contribution in [0.5, 0.6) is 0 Å². The minimum Gasteiger partial charge on any atom is -0.478 e. The average molecular weight is 595 g/mol. The van der Waals surface area contributed by atoms with Crippen LogP contribution >= 0.6 is 0 Å². The maximum atomic E-state index is 15.5. The van der Waals surface area contributed by atoms with Crippen LogP contribution in [0.15, 0.2) is 11.8 Å². The van der Waals surface area contributed by atoms with Gasteiger partial charge in [-0.3, -0.25) is 24.7 Å². The van der Waals surface area contributed by atoms with E-state index in [-0.39, 0.29) is 49.0 Å². The van der Waals surface area contributed by atoms with Crippen LogP contribution in [0.3, 0.4) is 0 Å². The number of carbonyl (C=O) groups excluding carboxylic acids is 3. The largest absolute Gasteiger partial charge is 0.478 e. The molecule has 14 heteroatoms. The Kier molecular flexibility index (Phi) is 8.13. The number of carboxylic acid groups (broad SMARTS) is 1. The maximum Gasteiger partial charge on any atom is 0.410 e. The number of ketones is 1. The van der Waals surface area contributed by atoms with Crippen molar-refractivity contribution in [2.45, 2.75) is 94.4 Å². The zero-order valence-electron chi connectivity index (χ0n) is 23.8. The summed E-state index contributed by atoms with van der Waals surface area (Å²) >= 11 is 0. The van der Waals surface area contributed by atoms with Gasteiger partial charge >= 0.3 is 12.1 Å². The number of alkyl halides is 2. The quantitative estimate of drug-likeness (QED) is 0.357. The van der Waals surface area contributed by atoms with Gasteiger partial charge in [-0.2, -0.15) is 0 Å². The van der Waals surface area contributed by atoms with Crippen molar-refractivity contribution in [3.05, 3.63) is 11.8 Å². The molecule has 0 bridgehead atoms. The number of Topliss-reactive ketones (excluding diaryl/α,β-unsaturated/α-hetero) is 1. The number of cyclic esters (lactones) is 1. The molecule has 5 fully saturated rings. The number of fused-ring (bicyclic) bond motifs is 1. The molecule has 232 valence electrons. The van der Waals surface area contributed by atoms with E-state index < -0.39 is 54.5 Å². The molecule has 42 heavy (non-hydrogen) atoms. The minimum atomic E-state index is -1.34. The Hall–Kier alpha value is -2.84. The standard InChI is InChI=1S/C28H40F2N6O6/c1-15(37)31-12-18-13-36(28(41)42-18)17-4-5-23(21(29)10-17)33-6-8-34(9-7-33)26-22(30)11-19-24(38)20(27(39)40)14-35(16-2-3-16)25(19)32-26/h14,16-19,21-23,25-26,32H,2-13H2,1H3,(H,31,37)(H,39,40)/t17?,18-,19?,21?,22?,23?,25?,26?/m0/s1. The highest BCUT2D eigenvalue weighted by atomic mass is 19.1. The molecule has 3 saturated heterocycles. The van der Waals surface area contributed by atoms with Gasteiger partial charge in [0.1, 0.15) is 24.0 Å². The predicted octanol–water partition coefficient (Wildman–Crippen LogP) is 0.436. The van der Waals surface area contributed by atoms with Crippen molar-refractivity contribution in [1.29, 1.82) is 0 Å². The highest BCUT2D eigenvalue weighted by Gasteiger charge is 2.51. The van der Waals surface area contributed by atoms with E-state index in [1.54, 1.807) is 4.90 Å². The predicted molar refractivity (Wildman–Crippen MR) is 144 cm³/mol. The van der Waals surface area contributed by atoms with Gasteiger partial charge in [-0.1, -0.05) is 0 Å². The van der Waals surface area contributed by atoms with Crippen LogP contribution in [-0.2, 0) is 19.1 Å². The third-order valence-electron chi connectivity index (χ3n) is 9.79. The topological polar surface area (TPSA) is 135 Å². The Morgan fingerprint density at radius 3 is 2.33 bits per heavy atom. The van der Waals surface area contributed by atoms with Gasteiger partial charge in [0.05, 0.1) is 31.3 Å². The zero-order valence-corrected chi connectivity index (χ0v) is 23.8. The van der Waals surface area contributed by atoms with Crippen LogP contribution in [0.25, 0.3) is 0 Å². The molecule has 0 aromatic rings. The molecule has 6 aliphatic rings. The van der Waals surface area contributed by atoms with Crippen molar-refractivity contribution in [3.63, 3.8) is 0 Å². The molecule has 12 nitrogen and oxygen atoms in total. The van der Waals surface area contributed by atoms with Gasteiger partial charge in [-0.05, 0) is 32.1 Å². The van der Waals surface area contributed by atoms with Crippen molar-refractivity contribution in [2.75, 3.05) is 39.3 Å². The van der Waals surface area contributed by atoms with E-state index in [2.05, 4.69) is 15.5 Å². The van der Waals surface area contributed by atoms with Crippen molar-refractivity contribution in [1.82, 2.24) is 30.2 Å². The molecule has 8 atom stereocenters. The molecular weight excluding hydrogens is 554 g/mol. The van der Waals surface area contributed by atoms with Crippen LogP contribution in [0.4, 0.5) is 13.6 Å². The van der Waals surface area contributed by atoms with Gasteiger partial charge in [0, 0.05) is 63.8 Å². The van der Waals surface area contributed by atoms with Crippen molar-refractivity contribution in [3.8, 4) is 0 Å². The normalized spacial score (nSPS) is 38.1. The number of piperidine rings is 1. The summed E-state index contributed by atoms with van der Waals surface area (Å²) in [4.78, 5) is 55.8. The number of carboxylic acids is 1. The summed E-state index contributed by atoms with van der Waals surface area (Å²) in [6.45, 7) is 4.21. The minimum absolute atomic E-state index is 0.0314. The lowest BCUT2D eigenvalue weighted by molar-refractivity contribution is -0.139. The van der Waals surface area contributed by atoms with Crippen molar-refractivity contribution in [2.24, 2.45) is 5.92 Å². The summed E-state index contributed by atoms with van der Waals surface area (Å²) in [5.74, 6) is -2.73. The molecule has 6 rings (SSSR count). The van der Waals surface area contributed by atoms with E-state index >= 15 is 8.78 Å². The average Bonchev–Trinajstić information content (AvgIpc) is 3.73. The smallest absolute Gasteiger partial charge is 0.410 e. The monoisotopic (exact) mass is 594 g/mol. The second-order valence-corrected chi connectivity index (χ2v) is 12.5. The van der Waals surface area contributed by atoms with E-state index in [9.17, 15) is 24.3 Å². The first-order valence-corrected chi connectivity index (χ1v) is 15.1. The van der Waals surface area contributed by atoms with Gasteiger partial charge in [0.15, 0.2) is 5.78 Å². The Balaban J connectivity index is 1.02. The number of carbonyl (C=O) groups is 4. The number of hydrogen-bond donors (Lipinski definition) is 3. The van der Waals surface area contributed by atoms with Gasteiger partial charge < -0.3 is 25.0 Å². The van der Waals surface area contributed by atoms with Crippen molar-refractivity contribution >= 4 is 23.8 Å². The first kappa shape index (κ1) is 29.2. The second-order valence-electron chi connectivity index (χ2n) is 12.5. The fraction of sp³-hybridized carbons (Fsp3) is 0.786. The van der Waals surface area contributed by atoms with E-state index in [0.29, 0.717) is 45.6 Å². The summed E-state index contributed by atoms with van der Waals surface area (Å²) < 4.78 is 36.4. The first-order valence-electron chi connectivity index (χ1n) is 15.1. The van der Waals surface area contributed by atoms with E-state index in [1.807, 2.05) is 9.80 Å².